The van der Waals surface area contributed by atoms with Crippen LogP contribution in [0.1, 0.15) is 31.1 Å². The Morgan fingerprint density at radius 1 is 1.08 bits per heavy atom. The smallest absolute Gasteiger partial charge is 0.325 e. The maximum absolute atomic E-state index is 12.6. The molecule has 2 aromatic rings. The van der Waals surface area contributed by atoms with Crippen molar-refractivity contribution in [1.82, 2.24) is 5.32 Å². The van der Waals surface area contributed by atoms with Gasteiger partial charge in [-0.05, 0) is 25.0 Å². The molecule has 1 amide bonds. The lowest BCUT2D eigenvalue weighted by Gasteiger charge is -2.22. The first kappa shape index (κ1) is 17.5. The van der Waals surface area contributed by atoms with Crippen molar-refractivity contribution in [3.63, 3.8) is 0 Å². The van der Waals surface area contributed by atoms with Gasteiger partial charge in [0.1, 0.15) is 11.8 Å². The second-order valence-electron chi connectivity index (χ2n) is 5.44. The van der Waals surface area contributed by atoms with Crippen LogP contribution in [0, 0.1) is 0 Å². The van der Waals surface area contributed by atoms with E-state index in [4.69, 9.17) is 9.84 Å². The Balaban J connectivity index is 2.30. The van der Waals surface area contributed by atoms with E-state index in [0.29, 0.717) is 11.3 Å². The summed E-state index contributed by atoms with van der Waals surface area (Å²) in [5, 5.41) is 11.5. The maximum atomic E-state index is 12.6. The van der Waals surface area contributed by atoms with Crippen LogP contribution in [0.3, 0.4) is 0 Å². The fourth-order valence-corrected chi connectivity index (χ4v) is 2.29. The summed E-state index contributed by atoms with van der Waals surface area (Å²) >= 11 is 0. The highest BCUT2D eigenvalue weighted by molar-refractivity contribution is 5.87. The quantitative estimate of drug-likeness (QED) is 0.820. The number of rotatable bonds is 7. The molecule has 5 nitrogen and oxygen atoms in total. The van der Waals surface area contributed by atoms with Crippen LogP contribution in [-0.2, 0) is 16.0 Å². The van der Waals surface area contributed by atoms with Crippen LogP contribution < -0.4 is 10.1 Å². The van der Waals surface area contributed by atoms with Crippen LogP contribution in [0.25, 0.3) is 0 Å². The van der Waals surface area contributed by atoms with E-state index < -0.39 is 24.0 Å². The lowest BCUT2D eigenvalue weighted by Crippen LogP contribution is -2.42. The summed E-state index contributed by atoms with van der Waals surface area (Å²) in [5.74, 6) is -0.960. The van der Waals surface area contributed by atoms with Crippen molar-refractivity contribution in [2.75, 3.05) is 0 Å². The molecule has 126 valence electrons. The molecule has 0 aliphatic rings. The van der Waals surface area contributed by atoms with Crippen molar-refractivity contribution in [3.8, 4) is 5.75 Å². The van der Waals surface area contributed by atoms with E-state index in [1.807, 2.05) is 49.4 Å². The summed E-state index contributed by atoms with van der Waals surface area (Å²) in [6.45, 7) is 3.43. The van der Waals surface area contributed by atoms with Gasteiger partial charge in [0.05, 0.1) is 0 Å². The first-order chi connectivity index (χ1) is 11.5. The second kappa shape index (κ2) is 8.15. The van der Waals surface area contributed by atoms with Gasteiger partial charge < -0.3 is 15.2 Å². The van der Waals surface area contributed by atoms with E-state index in [2.05, 4.69) is 5.32 Å². The molecule has 0 aliphatic heterocycles. The van der Waals surface area contributed by atoms with Crippen LogP contribution in [0.2, 0.25) is 0 Å². The van der Waals surface area contributed by atoms with E-state index in [9.17, 15) is 9.59 Å². The van der Waals surface area contributed by atoms with E-state index in [0.717, 1.165) is 12.0 Å². The standard InChI is InChI=1S/C19H21NO4/c1-3-14-9-7-8-12-16(14)24-17(15-10-5-4-6-11-15)18(21)20-13(2)19(22)23/h4-13,17H,3H2,1-2H3,(H,20,21)(H,22,23)/t13-,17?/m1/s1. The van der Waals surface area contributed by atoms with Gasteiger partial charge in [-0.25, -0.2) is 0 Å². The number of carbonyl (C=O) groups excluding carboxylic acids is 1. The Morgan fingerprint density at radius 3 is 2.33 bits per heavy atom. The van der Waals surface area contributed by atoms with Gasteiger partial charge in [-0.3, -0.25) is 9.59 Å². The van der Waals surface area contributed by atoms with Crippen LogP contribution in [0.4, 0.5) is 0 Å². The molecule has 5 heteroatoms. The molecule has 0 radical (unpaired) electrons. The monoisotopic (exact) mass is 327 g/mol. The Hall–Kier alpha value is -2.82. The normalized spacial score (nSPS) is 12.9. The Kier molecular flexibility index (Phi) is 5.95. The highest BCUT2D eigenvalue weighted by Crippen LogP contribution is 2.26. The van der Waals surface area contributed by atoms with Crippen molar-refractivity contribution in [3.05, 3.63) is 65.7 Å². The summed E-state index contributed by atoms with van der Waals surface area (Å²) in [5.41, 5.74) is 1.65. The average molecular weight is 327 g/mol. The first-order valence-electron chi connectivity index (χ1n) is 7.85. The molecule has 2 rings (SSSR count). The fourth-order valence-electron chi connectivity index (χ4n) is 2.29. The van der Waals surface area contributed by atoms with Crippen LogP contribution in [-0.4, -0.2) is 23.0 Å². The van der Waals surface area contributed by atoms with Gasteiger partial charge >= 0.3 is 5.97 Å². The van der Waals surface area contributed by atoms with Gasteiger partial charge in [0.2, 0.25) is 6.10 Å². The number of ether oxygens (including phenoxy) is 1. The molecule has 2 aromatic carbocycles. The minimum absolute atomic E-state index is 0.484. The summed E-state index contributed by atoms with van der Waals surface area (Å²) in [7, 11) is 0. The highest BCUT2D eigenvalue weighted by atomic mass is 16.5. The van der Waals surface area contributed by atoms with Crippen LogP contribution in [0.5, 0.6) is 5.75 Å². The van der Waals surface area contributed by atoms with Gasteiger partial charge in [0.25, 0.3) is 5.91 Å². The van der Waals surface area contributed by atoms with Crippen molar-refractivity contribution in [2.45, 2.75) is 32.4 Å². The Morgan fingerprint density at radius 2 is 1.71 bits per heavy atom. The molecule has 0 aliphatic carbocycles. The largest absolute Gasteiger partial charge is 0.480 e. The zero-order valence-electron chi connectivity index (χ0n) is 13.7. The molecule has 0 heterocycles. The predicted molar refractivity (Wildman–Crippen MR) is 90.9 cm³/mol. The molecule has 0 saturated heterocycles. The molecule has 2 N–H and O–H groups in total. The number of nitrogens with one attached hydrogen (secondary N) is 1. The molecule has 0 fully saturated rings. The number of benzene rings is 2. The van der Waals surface area contributed by atoms with Crippen molar-refractivity contribution in [1.29, 1.82) is 0 Å². The number of carboxylic acid groups (broad SMARTS) is 1. The molecule has 0 bridgehead atoms. The van der Waals surface area contributed by atoms with Gasteiger partial charge in [0, 0.05) is 5.56 Å². The fraction of sp³-hybridized carbons (Fsp3) is 0.263. The lowest BCUT2D eigenvalue weighted by atomic mass is 10.1. The minimum atomic E-state index is -1.09. The minimum Gasteiger partial charge on any atom is -0.480 e. The molecular weight excluding hydrogens is 306 g/mol. The van der Waals surface area contributed by atoms with Crippen LogP contribution in [0.15, 0.2) is 54.6 Å². The first-order valence-corrected chi connectivity index (χ1v) is 7.85. The topological polar surface area (TPSA) is 75.6 Å². The molecule has 0 aromatic heterocycles. The predicted octanol–water partition coefficient (Wildman–Crippen LogP) is 2.96. The molecule has 24 heavy (non-hydrogen) atoms. The van der Waals surface area contributed by atoms with Gasteiger partial charge in [-0.1, -0.05) is 55.5 Å². The molecular formula is C19H21NO4. The number of para-hydroxylation sites is 1. The SMILES string of the molecule is CCc1ccccc1OC(C(=O)N[C@H](C)C(=O)O)c1ccccc1. The number of carboxylic acids is 1. The Bertz CT molecular complexity index is 700. The third-order valence-electron chi connectivity index (χ3n) is 3.67. The number of hydrogen-bond acceptors (Lipinski definition) is 3. The van der Waals surface area contributed by atoms with E-state index in [1.165, 1.54) is 6.92 Å². The average Bonchev–Trinajstić information content (AvgIpc) is 2.60. The van der Waals surface area contributed by atoms with Crippen molar-refractivity contribution in [2.24, 2.45) is 0 Å². The number of hydrogen-bond donors (Lipinski definition) is 2. The van der Waals surface area contributed by atoms with Crippen molar-refractivity contribution < 1.29 is 19.4 Å². The summed E-state index contributed by atoms with van der Waals surface area (Å²) in [6.07, 6.45) is -0.147. The summed E-state index contributed by atoms with van der Waals surface area (Å²) in [6, 6.07) is 15.5. The third kappa shape index (κ3) is 4.35. The highest BCUT2D eigenvalue weighted by Gasteiger charge is 2.26. The number of aryl methyl sites for hydroxylation is 1. The maximum Gasteiger partial charge on any atom is 0.325 e. The van der Waals surface area contributed by atoms with Crippen LogP contribution >= 0.6 is 0 Å². The zero-order chi connectivity index (χ0) is 17.5. The third-order valence-corrected chi connectivity index (χ3v) is 3.67. The van der Waals surface area contributed by atoms with E-state index in [-0.39, 0.29) is 0 Å². The van der Waals surface area contributed by atoms with E-state index in [1.54, 1.807) is 12.1 Å². The lowest BCUT2D eigenvalue weighted by molar-refractivity contribution is -0.142. The van der Waals surface area contributed by atoms with Gasteiger partial charge in [0.15, 0.2) is 0 Å². The van der Waals surface area contributed by atoms with Crippen molar-refractivity contribution >= 4 is 11.9 Å². The van der Waals surface area contributed by atoms with E-state index >= 15 is 0 Å². The molecule has 0 saturated carbocycles. The Labute approximate surface area is 141 Å². The number of aliphatic carboxylic acids is 1. The summed E-state index contributed by atoms with van der Waals surface area (Å²) < 4.78 is 5.96. The molecule has 1 unspecified atom stereocenters. The second-order valence-corrected chi connectivity index (χ2v) is 5.44. The molecule has 0 spiro atoms. The van der Waals surface area contributed by atoms with Gasteiger partial charge in [-0.2, -0.15) is 0 Å². The number of amides is 1. The summed E-state index contributed by atoms with van der Waals surface area (Å²) in [4.78, 5) is 23.6. The number of carbonyl (C=O) groups is 2. The van der Waals surface area contributed by atoms with Gasteiger partial charge in [-0.15, -0.1) is 0 Å². The zero-order valence-corrected chi connectivity index (χ0v) is 13.7. The molecule has 2 atom stereocenters.